The van der Waals surface area contributed by atoms with Gasteiger partial charge in [0.1, 0.15) is 17.4 Å². The highest BCUT2D eigenvalue weighted by atomic mass is 16.5. The number of phenols is 1. The van der Waals surface area contributed by atoms with Gasteiger partial charge in [-0.05, 0) is 56.3 Å². The number of hydrogen-bond acceptors (Lipinski definition) is 9. The lowest BCUT2D eigenvalue weighted by Gasteiger charge is -2.26. The first-order valence-corrected chi connectivity index (χ1v) is 12.4. The highest BCUT2D eigenvalue weighted by molar-refractivity contribution is 6.00. The van der Waals surface area contributed by atoms with Gasteiger partial charge in [-0.1, -0.05) is 18.6 Å². The van der Waals surface area contributed by atoms with Crippen LogP contribution in [0, 0.1) is 5.41 Å². The predicted octanol–water partition coefficient (Wildman–Crippen LogP) is 3.73. The second kappa shape index (κ2) is 10.8. The largest absolute Gasteiger partial charge is 0.504 e. The molecule has 1 aromatic heterocycles. The minimum atomic E-state index is -0.125. The van der Waals surface area contributed by atoms with Gasteiger partial charge in [0.25, 0.3) is 0 Å². The number of aliphatic imine (C=N–C) groups is 1. The van der Waals surface area contributed by atoms with Gasteiger partial charge in [0.05, 0.1) is 12.2 Å². The van der Waals surface area contributed by atoms with Crippen LogP contribution in [0.3, 0.4) is 0 Å². The van der Waals surface area contributed by atoms with Gasteiger partial charge in [-0.2, -0.15) is 9.97 Å². The van der Waals surface area contributed by atoms with Crippen LogP contribution in [0.25, 0.3) is 0 Å². The molecule has 2 aromatic carbocycles. The molecule has 0 radical (unpaired) electrons. The topological polar surface area (TPSA) is 133 Å². The Bertz CT molecular complexity index is 1320. The van der Waals surface area contributed by atoms with E-state index in [0.717, 1.165) is 56.1 Å². The third-order valence-corrected chi connectivity index (χ3v) is 6.41. The zero-order chi connectivity index (χ0) is 25.8. The van der Waals surface area contributed by atoms with E-state index in [1.807, 2.05) is 31.3 Å². The predicted molar refractivity (Wildman–Crippen MR) is 141 cm³/mol. The van der Waals surface area contributed by atoms with E-state index in [4.69, 9.17) is 20.6 Å². The van der Waals surface area contributed by atoms with Gasteiger partial charge < -0.3 is 25.2 Å². The molecule has 0 aliphatic carbocycles. The van der Waals surface area contributed by atoms with E-state index in [-0.39, 0.29) is 29.2 Å². The minimum Gasteiger partial charge on any atom is -0.504 e. The summed E-state index contributed by atoms with van der Waals surface area (Å²) in [5, 5.41) is 18.0. The maximum Gasteiger partial charge on any atom is 0.325 e. The summed E-state index contributed by atoms with van der Waals surface area (Å²) in [6.45, 7) is 4.32. The van der Waals surface area contributed by atoms with Crippen LogP contribution in [0.15, 0.2) is 53.5 Å². The van der Waals surface area contributed by atoms with Crippen LogP contribution in [0.5, 0.6) is 29.1 Å². The number of nitrogens with two attached hydrogens (primary N) is 1. The first kappa shape index (κ1) is 24.5. The van der Waals surface area contributed by atoms with Gasteiger partial charge in [0.15, 0.2) is 11.5 Å². The SMILES string of the molecule is CN1CCN=C1c1cccc(Oc2nc(CN3CCCCC3)cc(Oc3cc(C(=N)N)ccc3O)n2)c1. The van der Waals surface area contributed by atoms with Gasteiger partial charge in [0.2, 0.25) is 5.88 Å². The van der Waals surface area contributed by atoms with Crippen molar-refractivity contribution in [1.82, 2.24) is 19.8 Å². The summed E-state index contributed by atoms with van der Waals surface area (Å²) in [4.78, 5) is 18.2. The first-order chi connectivity index (χ1) is 17.9. The summed E-state index contributed by atoms with van der Waals surface area (Å²) in [5.41, 5.74) is 7.76. The third kappa shape index (κ3) is 5.97. The quantitative estimate of drug-likeness (QED) is 0.314. The number of nitrogens with one attached hydrogen (secondary N) is 1. The molecule has 1 saturated heterocycles. The van der Waals surface area contributed by atoms with Crippen molar-refractivity contribution >= 4 is 11.7 Å². The average Bonchev–Trinajstić information content (AvgIpc) is 3.32. The Morgan fingerprint density at radius 2 is 1.86 bits per heavy atom. The number of aromatic nitrogens is 2. The molecule has 3 aromatic rings. The van der Waals surface area contributed by atoms with Crippen molar-refractivity contribution in [1.29, 1.82) is 5.41 Å². The number of rotatable bonds is 8. The van der Waals surface area contributed by atoms with E-state index >= 15 is 0 Å². The molecule has 0 unspecified atom stereocenters. The molecule has 37 heavy (non-hydrogen) atoms. The third-order valence-electron chi connectivity index (χ3n) is 6.41. The number of hydrogen-bond donors (Lipinski definition) is 3. The maximum atomic E-state index is 10.3. The van der Waals surface area contributed by atoms with E-state index in [9.17, 15) is 5.11 Å². The van der Waals surface area contributed by atoms with Crippen LogP contribution >= 0.6 is 0 Å². The van der Waals surface area contributed by atoms with Crippen LogP contribution in [-0.4, -0.2) is 69.8 Å². The molecule has 10 nitrogen and oxygen atoms in total. The molecule has 5 rings (SSSR count). The molecule has 0 spiro atoms. The summed E-state index contributed by atoms with van der Waals surface area (Å²) in [6.07, 6.45) is 3.56. The number of amidine groups is 2. The van der Waals surface area contributed by atoms with E-state index in [2.05, 4.69) is 24.8 Å². The molecule has 4 N–H and O–H groups in total. The summed E-state index contributed by atoms with van der Waals surface area (Å²) in [5.74, 6) is 1.67. The Hall–Kier alpha value is -4.18. The number of phenolic OH excluding ortho intramolecular Hbond substituents is 1. The van der Waals surface area contributed by atoms with Gasteiger partial charge in [-0.25, -0.2) is 0 Å². The van der Waals surface area contributed by atoms with E-state index < -0.39 is 0 Å². The van der Waals surface area contributed by atoms with Crippen molar-refractivity contribution in [3.8, 4) is 29.1 Å². The van der Waals surface area contributed by atoms with Crippen LogP contribution < -0.4 is 15.2 Å². The fourth-order valence-corrected chi connectivity index (χ4v) is 4.50. The van der Waals surface area contributed by atoms with Crippen molar-refractivity contribution in [2.75, 3.05) is 33.2 Å². The summed E-state index contributed by atoms with van der Waals surface area (Å²) < 4.78 is 12.1. The van der Waals surface area contributed by atoms with E-state index in [1.165, 1.54) is 18.6 Å². The van der Waals surface area contributed by atoms with Crippen LogP contribution in [0.4, 0.5) is 0 Å². The van der Waals surface area contributed by atoms with E-state index in [0.29, 0.717) is 17.9 Å². The highest BCUT2D eigenvalue weighted by Gasteiger charge is 2.18. The van der Waals surface area contributed by atoms with E-state index in [1.54, 1.807) is 12.1 Å². The standard InChI is InChI=1S/C27H31N7O3/c1-33-13-10-30-26(33)19-6-5-7-21(14-19)36-27-31-20(17-34-11-3-2-4-12-34)16-24(32-27)37-23-15-18(25(28)29)8-9-22(23)35/h5-9,14-16,35H,2-4,10-13,17H2,1H3,(H3,28,29). The normalized spacial score (nSPS) is 15.9. The van der Waals surface area contributed by atoms with Crippen LogP contribution in [-0.2, 0) is 6.54 Å². The molecule has 10 heteroatoms. The summed E-state index contributed by atoms with van der Waals surface area (Å²) in [7, 11) is 2.02. The van der Waals surface area contributed by atoms with Crippen molar-refractivity contribution in [3.63, 3.8) is 0 Å². The molecule has 0 amide bonds. The Labute approximate surface area is 215 Å². The van der Waals surface area contributed by atoms with Crippen LogP contribution in [0.2, 0.25) is 0 Å². The highest BCUT2D eigenvalue weighted by Crippen LogP contribution is 2.32. The summed E-state index contributed by atoms with van der Waals surface area (Å²) in [6, 6.07) is 14.1. The maximum absolute atomic E-state index is 10.3. The molecule has 0 saturated carbocycles. The number of piperidine rings is 1. The number of nitrogen functional groups attached to an aromatic ring is 1. The number of likely N-dealkylation sites (tertiary alicyclic amines) is 1. The van der Waals surface area contributed by atoms with Crippen molar-refractivity contribution in [2.45, 2.75) is 25.8 Å². The fourth-order valence-electron chi connectivity index (χ4n) is 4.50. The lowest BCUT2D eigenvalue weighted by atomic mass is 10.1. The fraction of sp³-hybridized carbons (Fsp3) is 0.333. The molecule has 2 aliphatic rings. The second-order valence-corrected chi connectivity index (χ2v) is 9.27. The zero-order valence-electron chi connectivity index (χ0n) is 20.9. The number of ether oxygens (including phenoxy) is 2. The first-order valence-electron chi connectivity index (χ1n) is 12.4. The zero-order valence-corrected chi connectivity index (χ0v) is 20.9. The summed E-state index contributed by atoms with van der Waals surface area (Å²) >= 11 is 0. The number of nitrogens with zero attached hydrogens (tertiary/aromatic N) is 5. The van der Waals surface area contributed by atoms with Gasteiger partial charge in [-0.15, -0.1) is 0 Å². The number of benzene rings is 2. The Morgan fingerprint density at radius 3 is 2.62 bits per heavy atom. The van der Waals surface area contributed by atoms with Crippen molar-refractivity contribution < 1.29 is 14.6 Å². The van der Waals surface area contributed by atoms with Crippen LogP contribution in [0.1, 0.15) is 36.1 Å². The number of likely N-dealkylation sites (N-methyl/N-ethyl adjacent to an activating group) is 1. The molecule has 0 bridgehead atoms. The van der Waals surface area contributed by atoms with Gasteiger partial charge >= 0.3 is 6.01 Å². The van der Waals surface area contributed by atoms with Crippen molar-refractivity contribution in [2.24, 2.45) is 10.7 Å². The Morgan fingerprint density at radius 1 is 1.03 bits per heavy atom. The monoisotopic (exact) mass is 501 g/mol. The molecule has 1 fully saturated rings. The van der Waals surface area contributed by atoms with Gasteiger partial charge in [0, 0.05) is 37.3 Å². The molecule has 192 valence electrons. The smallest absolute Gasteiger partial charge is 0.325 e. The average molecular weight is 502 g/mol. The lowest BCUT2D eigenvalue weighted by molar-refractivity contribution is 0.217. The van der Waals surface area contributed by atoms with Crippen molar-refractivity contribution in [3.05, 3.63) is 65.4 Å². The molecule has 0 atom stereocenters. The minimum absolute atomic E-state index is 0.0854. The molecule has 3 heterocycles. The Balaban J connectivity index is 1.44. The molecular formula is C27H31N7O3. The molecule has 2 aliphatic heterocycles. The Kier molecular flexibility index (Phi) is 7.18. The van der Waals surface area contributed by atoms with Gasteiger partial charge in [-0.3, -0.25) is 15.3 Å². The second-order valence-electron chi connectivity index (χ2n) is 9.27. The lowest BCUT2D eigenvalue weighted by Crippen LogP contribution is -2.29. The molecular weight excluding hydrogens is 470 g/mol. The number of aromatic hydroxyl groups is 1.